The molecule has 0 aromatic rings. The number of aliphatic hydroxyl groups is 1. The standard InChI is InChI=1S/C14H26O2/c1-2-5-12(11-15)10-13-6-9-14(16-13)7-3-4-8-14/h12-13,15H,2-11H2,1H3. The van der Waals surface area contributed by atoms with Crippen molar-refractivity contribution >= 4 is 0 Å². The van der Waals surface area contributed by atoms with Gasteiger partial charge in [-0.15, -0.1) is 0 Å². The Morgan fingerprint density at radius 3 is 2.69 bits per heavy atom. The molecule has 94 valence electrons. The molecule has 1 N–H and O–H groups in total. The van der Waals surface area contributed by atoms with Gasteiger partial charge in [-0.2, -0.15) is 0 Å². The smallest absolute Gasteiger partial charge is 0.0687 e. The molecule has 1 aliphatic heterocycles. The first-order chi connectivity index (χ1) is 7.78. The van der Waals surface area contributed by atoms with Crippen LogP contribution in [-0.2, 0) is 4.74 Å². The van der Waals surface area contributed by atoms with Crippen molar-refractivity contribution in [2.75, 3.05) is 6.61 Å². The zero-order chi connectivity index (χ0) is 11.4. The average Bonchev–Trinajstić information content (AvgIpc) is 2.90. The highest BCUT2D eigenvalue weighted by atomic mass is 16.5. The van der Waals surface area contributed by atoms with E-state index in [1.54, 1.807) is 0 Å². The fourth-order valence-electron chi connectivity index (χ4n) is 3.51. The zero-order valence-electron chi connectivity index (χ0n) is 10.6. The van der Waals surface area contributed by atoms with Gasteiger partial charge in [0.25, 0.3) is 0 Å². The molecule has 0 aromatic carbocycles. The Bertz CT molecular complexity index is 209. The molecular formula is C14H26O2. The summed E-state index contributed by atoms with van der Waals surface area (Å²) < 4.78 is 6.28. The average molecular weight is 226 g/mol. The van der Waals surface area contributed by atoms with Gasteiger partial charge in [-0.1, -0.05) is 26.2 Å². The molecule has 0 radical (unpaired) electrons. The van der Waals surface area contributed by atoms with Crippen LogP contribution >= 0.6 is 0 Å². The van der Waals surface area contributed by atoms with Crippen molar-refractivity contribution in [2.24, 2.45) is 5.92 Å². The first-order valence-corrected chi connectivity index (χ1v) is 7.07. The van der Waals surface area contributed by atoms with Gasteiger partial charge in [0.15, 0.2) is 0 Å². The molecule has 1 heterocycles. The van der Waals surface area contributed by atoms with Crippen LogP contribution in [0, 0.1) is 5.92 Å². The van der Waals surface area contributed by atoms with E-state index in [0.29, 0.717) is 18.6 Å². The van der Waals surface area contributed by atoms with Gasteiger partial charge < -0.3 is 9.84 Å². The maximum atomic E-state index is 9.32. The fraction of sp³-hybridized carbons (Fsp3) is 1.00. The van der Waals surface area contributed by atoms with Crippen molar-refractivity contribution < 1.29 is 9.84 Å². The van der Waals surface area contributed by atoms with E-state index < -0.39 is 0 Å². The van der Waals surface area contributed by atoms with Crippen LogP contribution in [0.1, 0.15) is 64.7 Å². The van der Waals surface area contributed by atoms with Gasteiger partial charge in [0.2, 0.25) is 0 Å². The molecule has 1 saturated heterocycles. The van der Waals surface area contributed by atoms with Gasteiger partial charge in [0, 0.05) is 6.61 Å². The molecule has 16 heavy (non-hydrogen) atoms. The fourth-order valence-corrected chi connectivity index (χ4v) is 3.51. The van der Waals surface area contributed by atoms with E-state index in [1.165, 1.54) is 44.9 Å². The van der Waals surface area contributed by atoms with Crippen LogP contribution in [0.15, 0.2) is 0 Å². The summed E-state index contributed by atoms with van der Waals surface area (Å²) in [5, 5.41) is 9.32. The lowest BCUT2D eigenvalue weighted by Gasteiger charge is -2.25. The molecule has 2 aliphatic rings. The lowest BCUT2D eigenvalue weighted by atomic mass is 9.94. The molecule has 2 heteroatoms. The topological polar surface area (TPSA) is 29.5 Å². The monoisotopic (exact) mass is 226 g/mol. The molecule has 2 unspecified atom stereocenters. The Labute approximate surface area is 99.4 Å². The first kappa shape index (κ1) is 12.4. The van der Waals surface area contributed by atoms with E-state index in [9.17, 15) is 5.11 Å². The largest absolute Gasteiger partial charge is 0.396 e. The van der Waals surface area contributed by atoms with Gasteiger partial charge in [-0.05, 0) is 44.4 Å². The highest BCUT2D eigenvalue weighted by Gasteiger charge is 2.42. The summed E-state index contributed by atoms with van der Waals surface area (Å²) >= 11 is 0. The van der Waals surface area contributed by atoms with Crippen LogP contribution in [0.25, 0.3) is 0 Å². The van der Waals surface area contributed by atoms with Crippen LogP contribution in [0.5, 0.6) is 0 Å². The number of rotatable bonds is 5. The van der Waals surface area contributed by atoms with Gasteiger partial charge in [0.1, 0.15) is 0 Å². The van der Waals surface area contributed by atoms with E-state index >= 15 is 0 Å². The predicted octanol–water partition coefficient (Wildman–Crippen LogP) is 3.28. The molecule has 2 nitrogen and oxygen atoms in total. The van der Waals surface area contributed by atoms with Gasteiger partial charge in [-0.3, -0.25) is 0 Å². The third kappa shape index (κ3) is 2.78. The van der Waals surface area contributed by atoms with Crippen LogP contribution < -0.4 is 0 Å². The summed E-state index contributed by atoms with van der Waals surface area (Å²) in [5.41, 5.74) is 0.261. The number of aliphatic hydroxyl groups excluding tert-OH is 1. The Kier molecular flexibility index (Phi) is 4.26. The number of ether oxygens (including phenoxy) is 1. The molecule has 1 saturated carbocycles. The van der Waals surface area contributed by atoms with E-state index in [0.717, 1.165) is 12.8 Å². The molecule has 1 aliphatic carbocycles. The summed E-state index contributed by atoms with van der Waals surface area (Å²) in [6.07, 6.45) is 11.6. The molecule has 1 spiro atoms. The van der Waals surface area contributed by atoms with Crippen LogP contribution in [0.4, 0.5) is 0 Å². The lowest BCUT2D eigenvalue weighted by molar-refractivity contribution is -0.0471. The second kappa shape index (κ2) is 5.50. The van der Waals surface area contributed by atoms with Crippen LogP contribution in [-0.4, -0.2) is 23.4 Å². The second-order valence-corrected chi connectivity index (χ2v) is 5.74. The van der Waals surface area contributed by atoms with Crippen molar-refractivity contribution in [3.8, 4) is 0 Å². The Balaban J connectivity index is 1.79. The van der Waals surface area contributed by atoms with Crippen molar-refractivity contribution in [3.05, 3.63) is 0 Å². The molecule has 2 atom stereocenters. The van der Waals surface area contributed by atoms with E-state index in [1.807, 2.05) is 0 Å². The third-order valence-electron chi connectivity index (χ3n) is 4.40. The molecule has 0 amide bonds. The Morgan fingerprint density at radius 1 is 1.31 bits per heavy atom. The maximum Gasteiger partial charge on any atom is 0.0687 e. The normalized spacial score (nSPS) is 30.0. The van der Waals surface area contributed by atoms with Crippen molar-refractivity contribution in [2.45, 2.75) is 76.4 Å². The second-order valence-electron chi connectivity index (χ2n) is 5.74. The lowest BCUT2D eigenvalue weighted by Crippen LogP contribution is -2.26. The molecule has 0 aromatic heterocycles. The van der Waals surface area contributed by atoms with Gasteiger partial charge in [-0.25, -0.2) is 0 Å². The van der Waals surface area contributed by atoms with Crippen molar-refractivity contribution in [1.29, 1.82) is 0 Å². The summed E-state index contributed by atoms with van der Waals surface area (Å²) in [6.45, 7) is 2.53. The zero-order valence-corrected chi connectivity index (χ0v) is 10.6. The van der Waals surface area contributed by atoms with E-state index in [2.05, 4.69) is 6.92 Å². The Hall–Kier alpha value is -0.0800. The minimum absolute atomic E-state index is 0.261. The number of hydrogen-bond acceptors (Lipinski definition) is 2. The highest BCUT2D eigenvalue weighted by molar-refractivity contribution is 4.93. The molecular weight excluding hydrogens is 200 g/mol. The summed E-state index contributed by atoms with van der Waals surface area (Å²) in [5.74, 6) is 0.464. The SMILES string of the molecule is CCCC(CO)CC1CCC2(CCCC2)O1. The summed E-state index contributed by atoms with van der Waals surface area (Å²) in [6, 6.07) is 0. The molecule has 2 fully saturated rings. The molecule has 2 rings (SSSR count). The minimum Gasteiger partial charge on any atom is -0.396 e. The summed E-state index contributed by atoms with van der Waals surface area (Å²) in [4.78, 5) is 0. The minimum atomic E-state index is 0.261. The van der Waals surface area contributed by atoms with Crippen LogP contribution in [0.3, 0.4) is 0 Å². The maximum absolute atomic E-state index is 9.32. The van der Waals surface area contributed by atoms with Crippen LogP contribution in [0.2, 0.25) is 0 Å². The van der Waals surface area contributed by atoms with Crippen molar-refractivity contribution in [1.82, 2.24) is 0 Å². The number of hydrogen-bond donors (Lipinski definition) is 1. The van der Waals surface area contributed by atoms with Gasteiger partial charge in [0.05, 0.1) is 11.7 Å². The van der Waals surface area contributed by atoms with E-state index in [4.69, 9.17) is 4.74 Å². The van der Waals surface area contributed by atoms with Crippen molar-refractivity contribution in [3.63, 3.8) is 0 Å². The predicted molar refractivity (Wildman–Crippen MR) is 65.4 cm³/mol. The quantitative estimate of drug-likeness (QED) is 0.779. The van der Waals surface area contributed by atoms with Gasteiger partial charge >= 0.3 is 0 Å². The summed E-state index contributed by atoms with van der Waals surface area (Å²) in [7, 11) is 0. The highest BCUT2D eigenvalue weighted by Crippen LogP contribution is 2.44. The third-order valence-corrected chi connectivity index (χ3v) is 4.40. The Morgan fingerprint density at radius 2 is 2.06 bits per heavy atom. The molecule has 0 bridgehead atoms. The van der Waals surface area contributed by atoms with E-state index in [-0.39, 0.29) is 5.60 Å². The first-order valence-electron chi connectivity index (χ1n) is 7.07.